The molecule has 0 N–H and O–H groups in total. The van der Waals surface area contributed by atoms with Gasteiger partial charge in [-0.1, -0.05) is 20.8 Å². The topological polar surface area (TPSA) is 41.6 Å². The van der Waals surface area contributed by atoms with Gasteiger partial charge >= 0.3 is 0 Å². The molecular weight excluding hydrogens is 198 g/mol. The minimum atomic E-state index is 0.0941. The lowest BCUT2D eigenvalue weighted by Crippen LogP contribution is -2.13. The SMILES string of the molecule is Cc1cc(C(C)(C)C)nn1CC[C@@H](C)C#N. The average Bonchev–Trinajstić information content (AvgIpc) is 2.56. The van der Waals surface area contributed by atoms with Crippen LogP contribution < -0.4 is 0 Å². The highest BCUT2D eigenvalue weighted by Gasteiger charge is 2.18. The van der Waals surface area contributed by atoms with Gasteiger partial charge in [0.1, 0.15) is 0 Å². The summed E-state index contributed by atoms with van der Waals surface area (Å²) in [6, 6.07) is 4.39. The predicted octanol–water partition coefficient (Wildman–Crippen LogP) is 3.04. The molecular formula is C13H21N3. The quantitative estimate of drug-likeness (QED) is 0.784. The van der Waals surface area contributed by atoms with Gasteiger partial charge in [0.15, 0.2) is 0 Å². The molecule has 0 spiro atoms. The summed E-state index contributed by atoms with van der Waals surface area (Å²) in [5.41, 5.74) is 2.39. The molecule has 0 amide bonds. The third-order valence-corrected chi connectivity index (χ3v) is 2.74. The highest BCUT2D eigenvalue weighted by molar-refractivity contribution is 5.16. The lowest BCUT2D eigenvalue weighted by molar-refractivity contribution is 0.490. The standard InChI is InChI=1S/C13H21N3/c1-10(9-14)6-7-16-11(2)8-12(15-16)13(3,4)5/h8,10H,6-7H2,1-5H3/t10-/m1/s1. The Labute approximate surface area is 98.1 Å². The largest absolute Gasteiger partial charge is 0.270 e. The monoisotopic (exact) mass is 219 g/mol. The Morgan fingerprint density at radius 1 is 1.50 bits per heavy atom. The second-order valence-corrected chi connectivity index (χ2v) is 5.46. The molecule has 3 heteroatoms. The number of hydrogen-bond acceptors (Lipinski definition) is 2. The summed E-state index contributed by atoms with van der Waals surface area (Å²) in [6.45, 7) is 11.3. The molecule has 0 fully saturated rings. The number of aromatic nitrogens is 2. The molecule has 1 aromatic heterocycles. The zero-order valence-electron chi connectivity index (χ0n) is 10.9. The lowest BCUT2D eigenvalue weighted by atomic mass is 9.92. The Balaban J connectivity index is 2.76. The van der Waals surface area contributed by atoms with Crippen molar-refractivity contribution in [2.75, 3.05) is 0 Å². The van der Waals surface area contributed by atoms with Crippen molar-refractivity contribution in [1.82, 2.24) is 9.78 Å². The maximum atomic E-state index is 8.74. The van der Waals surface area contributed by atoms with Crippen molar-refractivity contribution in [2.24, 2.45) is 5.92 Å². The van der Waals surface area contributed by atoms with Crippen LogP contribution in [0.2, 0.25) is 0 Å². The molecule has 3 nitrogen and oxygen atoms in total. The van der Waals surface area contributed by atoms with Crippen LogP contribution in [-0.2, 0) is 12.0 Å². The van der Waals surface area contributed by atoms with Crippen LogP contribution in [0.3, 0.4) is 0 Å². The van der Waals surface area contributed by atoms with Crippen LogP contribution in [0.4, 0.5) is 0 Å². The van der Waals surface area contributed by atoms with Crippen molar-refractivity contribution in [3.63, 3.8) is 0 Å². The van der Waals surface area contributed by atoms with Crippen LogP contribution in [0.25, 0.3) is 0 Å². The first-order chi connectivity index (χ1) is 7.34. The lowest BCUT2D eigenvalue weighted by Gasteiger charge is -2.14. The molecule has 0 radical (unpaired) electrons. The van der Waals surface area contributed by atoms with E-state index in [9.17, 15) is 0 Å². The van der Waals surface area contributed by atoms with Gasteiger partial charge < -0.3 is 0 Å². The van der Waals surface area contributed by atoms with E-state index in [2.05, 4.69) is 44.9 Å². The van der Waals surface area contributed by atoms with E-state index < -0.39 is 0 Å². The van der Waals surface area contributed by atoms with E-state index in [4.69, 9.17) is 5.26 Å². The van der Waals surface area contributed by atoms with Gasteiger partial charge in [0, 0.05) is 23.6 Å². The molecule has 0 saturated heterocycles. The predicted molar refractivity (Wildman–Crippen MR) is 65.1 cm³/mol. The molecule has 16 heavy (non-hydrogen) atoms. The first-order valence-corrected chi connectivity index (χ1v) is 5.79. The second kappa shape index (κ2) is 4.69. The summed E-state index contributed by atoms with van der Waals surface area (Å²) in [7, 11) is 0. The van der Waals surface area contributed by atoms with Gasteiger partial charge in [0.25, 0.3) is 0 Å². The van der Waals surface area contributed by atoms with E-state index in [-0.39, 0.29) is 11.3 Å². The van der Waals surface area contributed by atoms with Gasteiger partial charge in [-0.05, 0) is 26.3 Å². The maximum Gasteiger partial charge on any atom is 0.0680 e. The summed E-state index contributed by atoms with van der Waals surface area (Å²) in [6.07, 6.45) is 0.864. The summed E-state index contributed by atoms with van der Waals surface area (Å²) in [5, 5.41) is 13.3. The molecule has 0 saturated carbocycles. The van der Waals surface area contributed by atoms with Crippen LogP contribution in [-0.4, -0.2) is 9.78 Å². The van der Waals surface area contributed by atoms with Crippen molar-refractivity contribution >= 4 is 0 Å². The zero-order chi connectivity index (χ0) is 12.3. The van der Waals surface area contributed by atoms with E-state index in [1.807, 2.05) is 11.6 Å². The normalized spacial score (nSPS) is 13.5. The summed E-state index contributed by atoms with van der Waals surface area (Å²) >= 11 is 0. The number of aryl methyl sites for hydroxylation is 2. The van der Waals surface area contributed by atoms with E-state index >= 15 is 0 Å². The third kappa shape index (κ3) is 3.10. The van der Waals surface area contributed by atoms with Gasteiger partial charge in [-0.3, -0.25) is 4.68 Å². The fraction of sp³-hybridized carbons (Fsp3) is 0.692. The molecule has 1 heterocycles. The van der Waals surface area contributed by atoms with Gasteiger partial charge in [-0.2, -0.15) is 10.4 Å². The van der Waals surface area contributed by atoms with Crippen LogP contribution >= 0.6 is 0 Å². The highest BCUT2D eigenvalue weighted by Crippen LogP contribution is 2.21. The maximum absolute atomic E-state index is 8.74. The number of rotatable bonds is 3. The minimum Gasteiger partial charge on any atom is -0.270 e. The molecule has 0 aliphatic heterocycles. The molecule has 0 unspecified atom stereocenters. The molecule has 0 aromatic carbocycles. The molecule has 1 aromatic rings. The minimum absolute atomic E-state index is 0.0941. The number of nitriles is 1. The van der Waals surface area contributed by atoms with Crippen LogP contribution in [0.15, 0.2) is 6.07 Å². The Hall–Kier alpha value is -1.30. The Kier molecular flexibility index (Phi) is 3.74. The third-order valence-electron chi connectivity index (χ3n) is 2.74. The first-order valence-electron chi connectivity index (χ1n) is 5.79. The van der Waals surface area contributed by atoms with Gasteiger partial charge in [0.2, 0.25) is 0 Å². The molecule has 88 valence electrons. The average molecular weight is 219 g/mol. The summed E-state index contributed by atoms with van der Waals surface area (Å²) in [5.74, 6) is 0.0988. The number of nitrogens with zero attached hydrogens (tertiary/aromatic N) is 3. The van der Waals surface area contributed by atoms with Crippen molar-refractivity contribution in [3.8, 4) is 6.07 Å². The van der Waals surface area contributed by atoms with Crippen molar-refractivity contribution in [3.05, 3.63) is 17.5 Å². The van der Waals surface area contributed by atoms with Gasteiger partial charge in [-0.15, -0.1) is 0 Å². The van der Waals surface area contributed by atoms with E-state index in [1.165, 1.54) is 5.69 Å². The van der Waals surface area contributed by atoms with Crippen LogP contribution in [0.5, 0.6) is 0 Å². The van der Waals surface area contributed by atoms with Gasteiger partial charge in [0.05, 0.1) is 11.8 Å². The molecule has 0 bridgehead atoms. The molecule has 1 rings (SSSR count). The highest BCUT2D eigenvalue weighted by atomic mass is 15.3. The zero-order valence-corrected chi connectivity index (χ0v) is 10.9. The summed E-state index contributed by atoms with van der Waals surface area (Å²) in [4.78, 5) is 0. The molecule has 0 aliphatic carbocycles. The fourth-order valence-electron chi connectivity index (χ4n) is 1.48. The fourth-order valence-corrected chi connectivity index (χ4v) is 1.48. The van der Waals surface area contributed by atoms with Gasteiger partial charge in [-0.25, -0.2) is 0 Å². The van der Waals surface area contributed by atoms with E-state index in [0.717, 1.165) is 18.7 Å². The van der Waals surface area contributed by atoms with Crippen molar-refractivity contribution in [1.29, 1.82) is 5.26 Å². The first kappa shape index (κ1) is 12.8. The van der Waals surface area contributed by atoms with Crippen LogP contribution in [0, 0.1) is 24.2 Å². The Morgan fingerprint density at radius 3 is 2.56 bits per heavy atom. The summed E-state index contributed by atoms with van der Waals surface area (Å²) < 4.78 is 2.01. The number of hydrogen-bond donors (Lipinski definition) is 0. The Bertz CT molecular complexity index is 390. The van der Waals surface area contributed by atoms with Crippen molar-refractivity contribution < 1.29 is 0 Å². The second-order valence-electron chi connectivity index (χ2n) is 5.46. The van der Waals surface area contributed by atoms with E-state index in [1.54, 1.807) is 0 Å². The van der Waals surface area contributed by atoms with Crippen molar-refractivity contribution in [2.45, 2.75) is 53.0 Å². The van der Waals surface area contributed by atoms with Crippen LogP contribution in [0.1, 0.15) is 45.5 Å². The molecule has 1 atom stereocenters. The molecule has 0 aliphatic rings. The Morgan fingerprint density at radius 2 is 2.12 bits per heavy atom. The smallest absolute Gasteiger partial charge is 0.0680 e. The van der Waals surface area contributed by atoms with E-state index in [0.29, 0.717) is 0 Å².